The van der Waals surface area contributed by atoms with Gasteiger partial charge in [-0.25, -0.2) is 4.98 Å². The van der Waals surface area contributed by atoms with Gasteiger partial charge in [0.2, 0.25) is 5.95 Å². The van der Waals surface area contributed by atoms with Gasteiger partial charge in [0, 0.05) is 48.9 Å². The van der Waals surface area contributed by atoms with Crippen LogP contribution in [0.25, 0.3) is 66.6 Å². The third-order valence-corrected chi connectivity index (χ3v) is 14.6. The molecule has 5 heteroatoms. The third kappa shape index (κ3) is 5.11. The van der Waals surface area contributed by atoms with Crippen molar-refractivity contribution in [3.63, 3.8) is 0 Å². The molecular weight excluding hydrogens is 761 g/mol. The fraction of sp³-hybridized carbons (Fsp3) is 0.0893. The zero-order valence-corrected chi connectivity index (χ0v) is 34.1. The Morgan fingerprint density at radius 3 is 2.20 bits per heavy atom. The Morgan fingerprint density at radius 2 is 1.31 bits per heavy atom. The minimum Gasteiger partial charge on any atom is -0.277 e. The Hall–Kier alpha value is -7.08. The molecule has 1 spiro atoms. The van der Waals surface area contributed by atoms with Gasteiger partial charge in [0.25, 0.3) is 0 Å². The van der Waals surface area contributed by atoms with Crippen LogP contribution < -0.4 is 0 Å². The average molecular weight is 799 g/mol. The minimum atomic E-state index is -0.363. The van der Waals surface area contributed by atoms with Gasteiger partial charge >= 0.3 is 0 Å². The van der Waals surface area contributed by atoms with Crippen LogP contribution in [-0.2, 0) is 5.41 Å². The molecule has 3 atom stereocenters. The molecule has 7 aromatic carbocycles. The van der Waals surface area contributed by atoms with Crippen LogP contribution in [-0.4, -0.2) is 19.5 Å². The van der Waals surface area contributed by atoms with Crippen LogP contribution in [0.3, 0.4) is 0 Å². The van der Waals surface area contributed by atoms with Gasteiger partial charge in [0.1, 0.15) is 0 Å². The second-order valence-electron chi connectivity index (χ2n) is 16.6. The Labute approximate surface area is 358 Å². The highest BCUT2D eigenvalue weighted by atomic mass is 32.2. The van der Waals surface area contributed by atoms with E-state index in [0.717, 1.165) is 40.6 Å². The van der Waals surface area contributed by atoms with Crippen LogP contribution >= 0.6 is 11.8 Å². The number of nitrogens with zero attached hydrogens (tertiary/aromatic N) is 4. The lowest BCUT2D eigenvalue weighted by atomic mass is 9.63. The monoisotopic (exact) mass is 798 g/mol. The summed E-state index contributed by atoms with van der Waals surface area (Å²) in [5.74, 6) is 2.48. The molecule has 3 unspecified atom stereocenters. The fourth-order valence-corrected chi connectivity index (χ4v) is 12.0. The van der Waals surface area contributed by atoms with Crippen molar-refractivity contribution >= 4 is 49.9 Å². The predicted octanol–water partition coefficient (Wildman–Crippen LogP) is 13.8. The standard InChI is InChI=1S/C56H38N4S/c1-3-15-35(16-4-1)36-27-29-39(30-28-36)54-57-53(38-18-5-2-6-19-38)58-55(59-54)60-49-34-51-48(33-44(49)43-32-31-37-17-7-8-20-40(37)52(43)60)56(47-25-13-14-26-50(47)61-51)45-23-11-9-21-41(45)42-22-10-12-24-46(42)56/h1,3-5,7-34,41,45H,2,6H2. The van der Waals surface area contributed by atoms with Crippen LogP contribution in [0.1, 0.15) is 46.8 Å². The third-order valence-electron chi connectivity index (χ3n) is 13.4. The van der Waals surface area contributed by atoms with E-state index in [2.05, 4.69) is 199 Å². The summed E-state index contributed by atoms with van der Waals surface area (Å²) in [6.07, 6.45) is 18.0. The first-order valence-corrected chi connectivity index (χ1v) is 22.1. The van der Waals surface area contributed by atoms with Crippen molar-refractivity contribution in [2.24, 2.45) is 5.92 Å². The Bertz CT molecular complexity index is 3410. The van der Waals surface area contributed by atoms with Crippen LogP contribution in [0.4, 0.5) is 0 Å². The zero-order valence-electron chi connectivity index (χ0n) is 33.2. The smallest absolute Gasteiger partial charge is 0.238 e. The van der Waals surface area contributed by atoms with Crippen molar-refractivity contribution in [3.05, 3.63) is 222 Å². The first-order chi connectivity index (χ1) is 30.2. The van der Waals surface area contributed by atoms with Gasteiger partial charge in [-0.3, -0.25) is 4.57 Å². The number of benzene rings is 7. The van der Waals surface area contributed by atoms with Crippen molar-refractivity contribution in [2.45, 2.75) is 34.0 Å². The molecule has 288 valence electrons. The first kappa shape index (κ1) is 34.8. The van der Waals surface area contributed by atoms with Crippen LogP contribution in [0.2, 0.25) is 0 Å². The van der Waals surface area contributed by atoms with Crippen molar-refractivity contribution in [2.75, 3.05) is 0 Å². The summed E-state index contributed by atoms with van der Waals surface area (Å²) in [5, 5.41) is 4.73. The Morgan fingerprint density at radius 1 is 0.557 bits per heavy atom. The van der Waals surface area contributed by atoms with E-state index in [4.69, 9.17) is 15.0 Å². The molecule has 13 rings (SSSR count). The van der Waals surface area contributed by atoms with Crippen LogP contribution in [0, 0.1) is 5.92 Å². The molecule has 0 amide bonds. The van der Waals surface area contributed by atoms with Crippen molar-refractivity contribution in [1.82, 2.24) is 19.5 Å². The van der Waals surface area contributed by atoms with E-state index in [1.165, 1.54) is 59.2 Å². The average Bonchev–Trinajstić information content (AvgIpc) is 3.82. The van der Waals surface area contributed by atoms with Gasteiger partial charge < -0.3 is 0 Å². The molecule has 0 saturated heterocycles. The highest BCUT2D eigenvalue weighted by Gasteiger charge is 2.56. The van der Waals surface area contributed by atoms with E-state index in [-0.39, 0.29) is 17.3 Å². The molecule has 0 saturated carbocycles. The van der Waals surface area contributed by atoms with E-state index in [9.17, 15) is 0 Å². The van der Waals surface area contributed by atoms with Gasteiger partial charge in [0.15, 0.2) is 11.6 Å². The number of aromatic nitrogens is 4. The van der Waals surface area contributed by atoms with Crippen molar-refractivity contribution < 1.29 is 0 Å². The van der Waals surface area contributed by atoms with E-state index in [1.54, 1.807) is 0 Å². The zero-order chi connectivity index (χ0) is 40.1. The summed E-state index contributed by atoms with van der Waals surface area (Å²) in [4.78, 5) is 18.6. The van der Waals surface area contributed by atoms with Gasteiger partial charge in [0.05, 0.1) is 16.4 Å². The molecule has 3 heterocycles. The lowest BCUT2D eigenvalue weighted by Gasteiger charge is -2.43. The first-order valence-electron chi connectivity index (χ1n) is 21.3. The van der Waals surface area contributed by atoms with E-state index in [1.807, 2.05) is 11.8 Å². The molecule has 0 bridgehead atoms. The lowest BCUT2D eigenvalue weighted by molar-refractivity contribution is 0.442. The van der Waals surface area contributed by atoms with Crippen LogP contribution in [0.5, 0.6) is 0 Å². The number of allylic oxidation sites excluding steroid dienone is 8. The SMILES string of the molecule is C1=CC2c3ccccc3C3(c4ccccc4Sc4cc5c(cc43)c3ccc4ccccc4c3n5-c3nc(C4=CCCC=C4)nc(-c4ccc(-c5ccccc5)cc4)n3)C2C=C1. The quantitative estimate of drug-likeness (QED) is 0.178. The Balaban J connectivity index is 1.11. The molecule has 1 aliphatic heterocycles. The summed E-state index contributed by atoms with van der Waals surface area (Å²) in [6, 6.07) is 55.7. The Kier molecular flexibility index (Phi) is 7.67. The second-order valence-corrected chi connectivity index (χ2v) is 17.6. The van der Waals surface area contributed by atoms with Gasteiger partial charge in [-0.2, -0.15) is 9.97 Å². The lowest BCUT2D eigenvalue weighted by Crippen LogP contribution is -2.37. The topological polar surface area (TPSA) is 43.6 Å². The number of hydrogen-bond donors (Lipinski definition) is 0. The van der Waals surface area contributed by atoms with Gasteiger partial charge in [-0.05, 0) is 69.8 Å². The molecule has 9 aromatic rings. The maximum atomic E-state index is 5.42. The molecule has 3 aliphatic carbocycles. The fourth-order valence-electron chi connectivity index (χ4n) is 10.8. The molecule has 0 fully saturated rings. The van der Waals surface area contributed by atoms with Crippen molar-refractivity contribution in [3.8, 4) is 28.5 Å². The molecular formula is C56H38N4S. The number of fused-ring (bicyclic) bond motifs is 14. The highest BCUT2D eigenvalue weighted by molar-refractivity contribution is 7.99. The largest absolute Gasteiger partial charge is 0.277 e. The maximum Gasteiger partial charge on any atom is 0.238 e. The summed E-state index contributed by atoms with van der Waals surface area (Å²) in [5.41, 5.74) is 11.7. The second kappa shape index (κ2) is 13.5. The molecule has 4 aliphatic rings. The van der Waals surface area contributed by atoms with E-state index >= 15 is 0 Å². The molecule has 0 radical (unpaired) electrons. The normalized spacial score (nSPS) is 19.6. The summed E-state index contributed by atoms with van der Waals surface area (Å²) in [7, 11) is 0. The maximum absolute atomic E-state index is 5.42. The minimum absolute atomic E-state index is 0.237. The predicted molar refractivity (Wildman–Crippen MR) is 250 cm³/mol. The van der Waals surface area contributed by atoms with Gasteiger partial charge in [-0.1, -0.05) is 188 Å². The summed E-state index contributed by atoms with van der Waals surface area (Å²) < 4.78 is 2.33. The molecule has 0 N–H and O–H groups in total. The molecule has 2 aromatic heterocycles. The molecule has 4 nitrogen and oxygen atoms in total. The highest BCUT2D eigenvalue weighted by Crippen LogP contribution is 2.65. The van der Waals surface area contributed by atoms with E-state index in [0.29, 0.717) is 17.6 Å². The van der Waals surface area contributed by atoms with Gasteiger partial charge in [-0.15, -0.1) is 0 Å². The number of hydrogen-bond acceptors (Lipinski definition) is 4. The van der Waals surface area contributed by atoms with E-state index < -0.39 is 0 Å². The van der Waals surface area contributed by atoms with Crippen LogP contribution in [0.15, 0.2) is 204 Å². The summed E-state index contributed by atoms with van der Waals surface area (Å²) >= 11 is 1.89. The number of rotatable bonds is 4. The van der Waals surface area contributed by atoms with Crippen molar-refractivity contribution in [1.29, 1.82) is 0 Å². The summed E-state index contributed by atoms with van der Waals surface area (Å²) in [6.45, 7) is 0. The molecule has 61 heavy (non-hydrogen) atoms.